The van der Waals surface area contributed by atoms with Crippen LogP contribution in [0.15, 0.2) is 24.5 Å². The van der Waals surface area contributed by atoms with Gasteiger partial charge in [0.15, 0.2) is 0 Å². The van der Waals surface area contributed by atoms with E-state index in [0.29, 0.717) is 6.04 Å². The minimum Gasteiger partial charge on any atom is -0.327 e. The minimum atomic E-state index is 0.359. The molecular weight excluding hydrogens is 232 g/mol. The fourth-order valence-electron chi connectivity index (χ4n) is 5.59. The number of hydrogen-bond acceptors (Lipinski definition) is 2. The van der Waals surface area contributed by atoms with Gasteiger partial charge in [0.2, 0.25) is 0 Å². The molecule has 19 heavy (non-hydrogen) atoms. The Kier molecular flexibility index (Phi) is 2.87. The van der Waals surface area contributed by atoms with Gasteiger partial charge in [0, 0.05) is 18.4 Å². The normalized spacial score (nSPS) is 41.4. The molecule has 1 heterocycles. The number of pyridine rings is 1. The molecule has 4 saturated carbocycles. The largest absolute Gasteiger partial charge is 0.327 e. The first-order valence-corrected chi connectivity index (χ1v) is 7.94. The van der Waals surface area contributed by atoms with Gasteiger partial charge in [-0.05, 0) is 85.8 Å². The lowest BCUT2D eigenvalue weighted by molar-refractivity contribution is -0.0464. The molecule has 2 heteroatoms. The van der Waals surface area contributed by atoms with E-state index in [9.17, 15) is 0 Å². The Morgan fingerprint density at radius 2 is 1.58 bits per heavy atom. The molecular formula is C17H24N2. The van der Waals surface area contributed by atoms with Crippen LogP contribution in [0.25, 0.3) is 0 Å². The van der Waals surface area contributed by atoms with Gasteiger partial charge in [0.05, 0.1) is 0 Å². The lowest BCUT2D eigenvalue weighted by Crippen LogP contribution is -2.52. The summed E-state index contributed by atoms with van der Waals surface area (Å²) < 4.78 is 0. The Morgan fingerprint density at radius 1 is 1.00 bits per heavy atom. The first-order chi connectivity index (χ1) is 9.29. The van der Waals surface area contributed by atoms with Gasteiger partial charge in [-0.15, -0.1) is 0 Å². The van der Waals surface area contributed by atoms with Gasteiger partial charge in [0.25, 0.3) is 0 Å². The first-order valence-electron chi connectivity index (χ1n) is 7.94. The Labute approximate surface area is 115 Å². The molecule has 4 aliphatic carbocycles. The molecule has 0 spiro atoms. The van der Waals surface area contributed by atoms with Crippen molar-refractivity contribution in [3.05, 3.63) is 30.1 Å². The second-order valence-corrected chi connectivity index (χ2v) is 7.23. The van der Waals surface area contributed by atoms with E-state index in [2.05, 4.69) is 17.1 Å². The van der Waals surface area contributed by atoms with Gasteiger partial charge in [0.1, 0.15) is 0 Å². The van der Waals surface area contributed by atoms with Crippen LogP contribution in [-0.4, -0.2) is 11.0 Å². The average molecular weight is 256 g/mol. The number of rotatable bonds is 3. The van der Waals surface area contributed by atoms with Crippen LogP contribution >= 0.6 is 0 Å². The molecule has 0 aromatic carbocycles. The van der Waals surface area contributed by atoms with Gasteiger partial charge < -0.3 is 5.73 Å². The van der Waals surface area contributed by atoms with E-state index < -0.39 is 0 Å². The minimum absolute atomic E-state index is 0.359. The summed E-state index contributed by atoms with van der Waals surface area (Å²) in [5.41, 5.74) is 7.97. The molecule has 5 rings (SSSR count). The van der Waals surface area contributed by atoms with Crippen molar-refractivity contribution in [3.8, 4) is 0 Å². The van der Waals surface area contributed by atoms with Crippen molar-refractivity contribution in [2.45, 2.75) is 44.6 Å². The summed E-state index contributed by atoms with van der Waals surface area (Å²) in [5.74, 6) is 4.76. The average Bonchev–Trinajstić information content (AvgIpc) is 2.38. The van der Waals surface area contributed by atoms with Crippen molar-refractivity contribution in [1.29, 1.82) is 0 Å². The Hall–Kier alpha value is -0.890. The predicted molar refractivity (Wildman–Crippen MR) is 76.5 cm³/mol. The zero-order valence-corrected chi connectivity index (χ0v) is 11.5. The molecule has 0 aliphatic heterocycles. The standard InChI is InChI=1S/C17H24N2/c18-16(10-11-1-3-19-4-2-11)17-14-6-12-5-13(8-14)9-15(17)7-12/h1-4,12-17H,5-10,18H2. The monoisotopic (exact) mass is 256 g/mol. The molecule has 4 bridgehead atoms. The molecule has 0 saturated heterocycles. The van der Waals surface area contributed by atoms with Crippen LogP contribution in [0.5, 0.6) is 0 Å². The quantitative estimate of drug-likeness (QED) is 0.903. The van der Waals surface area contributed by atoms with Crippen LogP contribution in [0, 0.1) is 29.6 Å². The maximum absolute atomic E-state index is 6.61. The fourth-order valence-corrected chi connectivity index (χ4v) is 5.59. The zero-order valence-electron chi connectivity index (χ0n) is 11.5. The van der Waals surface area contributed by atoms with E-state index in [4.69, 9.17) is 5.73 Å². The first kappa shape index (κ1) is 11.9. The highest BCUT2D eigenvalue weighted by atomic mass is 14.7. The van der Waals surface area contributed by atoms with Gasteiger partial charge >= 0.3 is 0 Å². The summed E-state index contributed by atoms with van der Waals surface area (Å²) in [6, 6.07) is 4.60. The predicted octanol–water partition coefficient (Wildman–Crippen LogP) is 3.02. The summed E-state index contributed by atoms with van der Waals surface area (Å²) >= 11 is 0. The summed E-state index contributed by atoms with van der Waals surface area (Å²) in [4.78, 5) is 4.10. The molecule has 102 valence electrons. The van der Waals surface area contributed by atoms with E-state index in [1.165, 1.54) is 37.7 Å². The maximum atomic E-state index is 6.61. The van der Waals surface area contributed by atoms with Crippen molar-refractivity contribution in [2.75, 3.05) is 0 Å². The van der Waals surface area contributed by atoms with E-state index in [1.807, 2.05) is 12.4 Å². The molecule has 2 N–H and O–H groups in total. The van der Waals surface area contributed by atoms with Crippen LogP contribution < -0.4 is 5.73 Å². The summed E-state index contributed by atoms with van der Waals surface area (Å²) in [6.45, 7) is 0. The van der Waals surface area contributed by atoms with Crippen molar-refractivity contribution < 1.29 is 0 Å². The Morgan fingerprint density at radius 3 is 2.16 bits per heavy atom. The van der Waals surface area contributed by atoms with Crippen molar-refractivity contribution in [1.82, 2.24) is 4.98 Å². The highest BCUT2D eigenvalue weighted by Crippen LogP contribution is 2.57. The van der Waals surface area contributed by atoms with Gasteiger partial charge in [-0.25, -0.2) is 0 Å². The topological polar surface area (TPSA) is 38.9 Å². The van der Waals surface area contributed by atoms with Crippen LogP contribution in [-0.2, 0) is 6.42 Å². The van der Waals surface area contributed by atoms with Gasteiger partial charge in [-0.1, -0.05) is 0 Å². The van der Waals surface area contributed by atoms with Gasteiger partial charge in [-0.3, -0.25) is 4.98 Å². The number of hydrogen-bond donors (Lipinski definition) is 1. The zero-order chi connectivity index (χ0) is 12.8. The Bertz CT molecular complexity index is 414. The summed E-state index contributed by atoms with van der Waals surface area (Å²) in [6.07, 6.45) is 12.2. The summed E-state index contributed by atoms with van der Waals surface area (Å²) in [7, 11) is 0. The molecule has 1 aromatic heterocycles. The molecule has 1 atom stereocenters. The van der Waals surface area contributed by atoms with E-state index in [1.54, 1.807) is 0 Å². The van der Waals surface area contributed by atoms with Crippen molar-refractivity contribution in [3.63, 3.8) is 0 Å². The van der Waals surface area contributed by atoms with E-state index in [0.717, 1.165) is 36.0 Å². The summed E-state index contributed by atoms with van der Waals surface area (Å²) in [5, 5.41) is 0. The maximum Gasteiger partial charge on any atom is 0.0270 e. The van der Waals surface area contributed by atoms with E-state index >= 15 is 0 Å². The molecule has 1 unspecified atom stereocenters. The lowest BCUT2D eigenvalue weighted by Gasteiger charge is -2.56. The molecule has 0 radical (unpaired) electrons. The molecule has 0 amide bonds. The second kappa shape index (κ2) is 4.59. The number of nitrogens with two attached hydrogens (primary N) is 1. The fraction of sp³-hybridized carbons (Fsp3) is 0.706. The van der Waals surface area contributed by atoms with Crippen LogP contribution in [0.4, 0.5) is 0 Å². The van der Waals surface area contributed by atoms with Crippen LogP contribution in [0.2, 0.25) is 0 Å². The molecule has 4 aliphatic rings. The molecule has 2 nitrogen and oxygen atoms in total. The van der Waals surface area contributed by atoms with Crippen LogP contribution in [0.3, 0.4) is 0 Å². The van der Waals surface area contributed by atoms with Crippen LogP contribution in [0.1, 0.15) is 37.7 Å². The lowest BCUT2D eigenvalue weighted by atomic mass is 9.50. The highest BCUT2D eigenvalue weighted by Gasteiger charge is 2.49. The Balaban J connectivity index is 1.50. The van der Waals surface area contributed by atoms with E-state index in [-0.39, 0.29) is 0 Å². The van der Waals surface area contributed by atoms with Gasteiger partial charge in [-0.2, -0.15) is 0 Å². The SMILES string of the molecule is NC(Cc1ccncc1)C1C2CC3CC(C2)CC1C3. The third kappa shape index (κ3) is 2.10. The van der Waals surface area contributed by atoms with Crippen molar-refractivity contribution >= 4 is 0 Å². The molecule has 1 aromatic rings. The third-order valence-corrected chi connectivity index (χ3v) is 6.01. The molecule has 4 fully saturated rings. The van der Waals surface area contributed by atoms with Crippen molar-refractivity contribution in [2.24, 2.45) is 35.3 Å². The third-order valence-electron chi connectivity index (χ3n) is 6.01. The number of nitrogens with zero attached hydrogens (tertiary/aromatic N) is 1. The number of aromatic nitrogens is 1. The smallest absolute Gasteiger partial charge is 0.0270 e. The second-order valence-electron chi connectivity index (χ2n) is 7.23. The highest BCUT2D eigenvalue weighted by molar-refractivity contribution is 5.13.